The number of ether oxygens (including phenoxy) is 1. The molecule has 0 fully saturated rings. The van der Waals surface area contributed by atoms with Gasteiger partial charge < -0.3 is 10.5 Å². The van der Waals surface area contributed by atoms with Crippen LogP contribution in [0, 0.1) is 5.92 Å². The molecule has 86 valence electrons. The molecule has 0 spiro atoms. The summed E-state index contributed by atoms with van der Waals surface area (Å²) in [6.45, 7) is 7.10. The summed E-state index contributed by atoms with van der Waals surface area (Å²) in [6, 6.07) is 0. The number of nitrogens with two attached hydrogens (primary N) is 1. The van der Waals surface area contributed by atoms with Gasteiger partial charge in [-0.2, -0.15) is 0 Å². The van der Waals surface area contributed by atoms with Crippen LogP contribution in [0.3, 0.4) is 0 Å². The van der Waals surface area contributed by atoms with Crippen molar-refractivity contribution in [2.45, 2.75) is 52.4 Å². The minimum Gasteiger partial charge on any atom is -0.381 e. The zero-order valence-corrected chi connectivity index (χ0v) is 9.93. The highest BCUT2D eigenvalue weighted by Crippen LogP contribution is 2.13. The Balaban J connectivity index is 2.98. The molecule has 0 saturated heterocycles. The monoisotopic (exact) mass is 201 g/mol. The molecule has 0 aromatic heterocycles. The van der Waals surface area contributed by atoms with Crippen LogP contribution in [-0.4, -0.2) is 19.8 Å². The van der Waals surface area contributed by atoms with E-state index in [-0.39, 0.29) is 0 Å². The normalized spacial score (nSPS) is 13.1. The van der Waals surface area contributed by atoms with E-state index >= 15 is 0 Å². The molecule has 2 heteroatoms. The summed E-state index contributed by atoms with van der Waals surface area (Å²) in [4.78, 5) is 0. The largest absolute Gasteiger partial charge is 0.381 e. The fourth-order valence-electron chi connectivity index (χ4n) is 1.62. The van der Waals surface area contributed by atoms with E-state index in [0.717, 1.165) is 32.1 Å². The lowest BCUT2D eigenvalue weighted by Gasteiger charge is -2.09. The van der Waals surface area contributed by atoms with Crippen molar-refractivity contribution in [3.8, 4) is 0 Å². The van der Waals surface area contributed by atoms with Crippen LogP contribution in [-0.2, 0) is 4.74 Å². The Bertz CT molecular complexity index is 106. The minimum atomic E-state index is 0.744. The van der Waals surface area contributed by atoms with Crippen LogP contribution < -0.4 is 5.73 Å². The molecule has 14 heavy (non-hydrogen) atoms. The van der Waals surface area contributed by atoms with Crippen molar-refractivity contribution in [2.75, 3.05) is 19.8 Å². The number of unbranched alkanes of at least 4 members (excludes halogenated alkanes) is 1. The Kier molecular flexibility index (Phi) is 10.9. The maximum atomic E-state index is 5.44. The molecule has 0 saturated carbocycles. The van der Waals surface area contributed by atoms with Gasteiger partial charge in [0.25, 0.3) is 0 Å². The summed E-state index contributed by atoms with van der Waals surface area (Å²) < 4.78 is 5.44. The second-order valence-electron chi connectivity index (χ2n) is 4.14. The average Bonchev–Trinajstić information content (AvgIpc) is 2.17. The molecule has 1 atom stereocenters. The molecule has 0 radical (unpaired) electrons. The third-order valence-electron chi connectivity index (χ3n) is 2.51. The first-order valence-corrected chi connectivity index (χ1v) is 6.09. The van der Waals surface area contributed by atoms with Gasteiger partial charge in [-0.3, -0.25) is 0 Å². The van der Waals surface area contributed by atoms with Gasteiger partial charge >= 0.3 is 0 Å². The van der Waals surface area contributed by atoms with E-state index < -0.39 is 0 Å². The van der Waals surface area contributed by atoms with E-state index in [0.29, 0.717) is 0 Å². The van der Waals surface area contributed by atoms with Gasteiger partial charge in [-0.1, -0.05) is 39.5 Å². The lowest BCUT2D eigenvalue weighted by Crippen LogP contribution is -2.05. The van der Waals surface area contributed by atoms with Gasteiger partial charge in [-0.15, -0.1) is 0 Å². The van der Waals surface area contributed by atoms with Gasteiger partial charge in [0.15, 0.2) is 0 Å². The first kappa shape index (κ1) is 13.9. The van der Waals surface area contributed by atoms with Crippen LogP contribution in [0.5, 0.6) is 0 Å². The highest BCUT2D eigenvalue weighted by atomic mass is 16.5. The molecule has 0 bridgehead atoms. The van der Waals surface area contributed by atoms with E-state index in [1.165, 1.54) is 32.1 Å². The number of hydrogen-bond donors (Lipinski definition) is 1. The van der Waals surface area contributed by atoms with Gasteiger partial charge in [-0.25, -0.2) is 0 Å². The topological polar surface area (TPSA) is 35.2 Å². The molecular formula is C12H27NO. The summed E-state index contributed by atoms with van der Waals surface area (Å²) in [5, 5.41) is 0. The average molecular weight is 201 g/mol. The van der Waals surface area contributed by atoms with Crippen LogP contribution in [0.25, 0.3) is 0 Å². The number of hydrogen-bond acceptors (Lipinski definition) is 2. The molecule has 0 aromatic carbocycles. The fraction of sp³-hybridized carbons (Fsp3) is 1.00. The van der Waals surface area contributed by atoms with Crippen LogP contribution in [0.15, 0.2) is 0 Å². The first-order valence-electron chi connectivity index (χ1n) is 6.09. The lowest BCUT2D eigenvalue weighted by atomic mass is 9.99. The fourth-order valence-corrected chi connectivity index (χ4v) is 1.62. The summed E-state index contributed by atoms with van der Waals surface area (Å²) in [7, 11) is 0. The highest BCUT2D eigenvalue weighted by molar-refractivity contribution is 4.52. The van der Waals surface area contributed by atoms with Gasteiger partial charge in [0.05, 0.1) is 0 Å². The predicted octanol–water partition coefficient (Wildman–Crippen LogP) is 2.96. The van der Waals surface area contributed by atoms with E-state index in [2.05, 4.69) is 13.8 Å². The Morgan fingerprint density at radius 2 is 1.79 bits per heavy atom. The molecule has 0 aliphatic rings. The summed E-state index contributed by atoms with van der Waals surface area (Å²) in [6.07, 6.45) is 7.55. The van der Waals surface area contributed by atoms with Crippen LogP contribution in [0.4, 0.5) is 0 Å². The van der Waals surface area contributed by atoms with Gasteiger partial charge in [0.1, 0.15) is 0 Å². The molecule has 0 rings (SSSR count). The molecule has 0 aliphatic carbocycles. The standard InChI is InChI=1S/C12H27NO/c1-3-7-12(2)8-4-5-10-14-11-6-9-13/h12H,3-11,13H2,1-2H3. The second-order valence-corrected chi connectivity index (χ2v) is 4.14. The van der Waals surface area contributed by atoms with Crippen LogP contribution >= 0.6 is 0 Å². The quantitative estimate of drug-likeness (QED) is 0.552. The van der Waals surface area contributed by atoms with Crippen LogP contribution in [0.2, 0.25) is 0 Å². The highest BCUT2D eigenvalue weighted by Gasteiger charge is 1.99. The molecule has 0 amide bonds. The Morgan fingerprint density at radius 3 is 2.43 bits per heavy atom. The van der Waals surface area contributed by atoms with Crippen molar-refractivity contribution in [3.05, 3.63) is 0 Å². The lowest BCUT2D eigenvalue weighted by molar-refractivity contribution is 0.128. The van der Waals surface area contributed by atoms with Gasteiger partial charge in [0.2, 0.25) is 0 Å². The molecular weight excluding hydrogens is 174 g/mol. The first-order chi connectivity index (χ1) is 6.81. The van der Waals surface area contributed by atoms with Gasteiger partial charge in [-0.05, 0) is 25.3 Å². The van der Waals surface area contributed by atoms with E-state index in [9.17, 15) is 0 Å². The van der Waals surface area contributed by atoms with Crippen molar-refractivity contribution >= 4 is 0 Å². The maximum Gasteiger partial charge on any atom is 0.0478 e. The smallest absolute Gasteiger partial charge is 0.0478 e. The number of rotatable bonds is 10. The molecule has 2 N–H and O–H groups in total. The minimum absolute atomic E-state index is 0.744. The van der Waals surface area contributed by atoms with Gasteiger partial charge in [0, 0.05) is 13.2 Å². The van der Waals surface area contributed by atoms with Crippen molar-refractivity contribution in [1.82, 2.24) is 0 Å². The Labute approximate surface area is 89.2 Å². The van der Waals surface area contributed by atoms with Crippen molar-refractivity contribution < 1.29 is 4.74 Å². The van der Waals surface area contributed by atoms with E-state index in [4.69, 9.17) is 10.5 Å². The molecule has 2 nitrogen and oxygen atoms in total. The zero-order valence-electron chi connectivity index (χ0n) is 9.93. The SMILES string of the molecule is CCCC(C)CCCCOCCCN. The van der Waals surface area contributed by atoms with Crippen molar-refractivity contribution in [3.63, 3.8) is 0 Å². The molecule has 0 aliphatic heterocycles. The predicted molar refractivity (Wildman–Crippen MR) is 62.4 cm³/mol. The molecule has 1 unspecified atom stereocenters. The second kappa shape index (κ2) is 11.0. The van der Waals surface area contributed by atoms with E-state index in [1.54, 1.807) is 0 Å². The molecule has 0 aromatic rings. The van der Waals surface area contributed by atoms with E-state index in [1.807, 2.05) is 0 Å². The summed E-state index contributed by atoms with van der Waals surface area (Å²) in [5.74, 6) is 0.893. The third-order valence-corrected chi connectivity index (χ3v) is 2.51. The Morgan fingerprint density at radius 1 is 1.07 bits per heavy atom. The summed E-state index contributed by atoms with van der Waals surface area (Å²) >= 11 is 0. The van der Waals surface area contributed by atoms with Crippen molar-refractivity contribution in [1.29, 1.82) is 0 Å². The zero-order chi connectivity index (χ0) is 10.6. The third kappa shape index (κ3) is 10.0. The Hall–Kier alpha value is -0.0800. The molecule has 0 heterocycles. The summed E-state index contributed by atoms with van der Waals surface area (Å²) in [5.41, 5.74) is 5.36. The maximum absolute atomic E-state index is 5.44. The van der Waals surface area contributed by atoms with Crippen molar-refractivity contribution in [2.24, 2.45) is 11.7 Å². The van der Waals surface area contributed by atoms with Crippen LogP contribution in [0.1, 0.15) is 52.4 Å².